The van der Waals surface area contributed by atoms with Crippen molar-refractivity contribution >= 4 is 46.6 Å². The highest BCUT2D eigenvalue weighted by atomic mass is 35.5. The van der Waals surface area contributed by atoms with Crippen LogP contribution in [-0.2, 0) is 4.79 Å². The maximum Gasteiger partial charge on any atom is 0.234 e. The van der Waals surface area contributed by atoms with E-state index < -0.39 is 0 Å². The predicted octanol–water partition coefficient (Wildman–Crippen LogP) is 4.92. The number of hydrogen-bond acceptors (Lipinski definition) is 4. The Balaban J connectivity index is 1.71. The van der Waals surface area contributed by atoms with Crippen LogP contribution >= 0.6 is 35.0 Å². The monoisotopic (exact) mass is 406 g/mol. The lowest BCUT2D eigenvalue weighted by Gasteiger charge is -2.09. The summed E-state index contributed by atoms with van der Waals surface area (Å²) in [6.45, 7) is 3.91. The Hall–Kier alpha value is -2.02. The van der Waals surface area contributed by atoms with E-state index in [0.29, 0.717) is 20.9 Å². The van der Waals surface area contributed by atoms with Crippen molar-refractivity contribution in [3.8, 4) is 5.69 Å². The van der Waals surface area contributed by atoms with Gasteiger partial charge in [0.15, 0.2) is 5.16 Å². The summed E-state index contributed by atoms with van der Waals surface area (Å²) in [6.07, 6.45) is 0. The number of carbonyl (C=O) groups excluding carboxylic acids is 1. The molecule has 3 aromatic rings. The molecule has 1 aromatic heterocycles. The SMILES string of the molecule is Cc1cccc(-n2c(C)nnc2SCC(=O)Nc2cc(Cl)cc(Cl)c2)c1. The van der Waals surface area contributed by atoms with E-state index in [-0.39, 0.29) is 11.7 Å². The van der Waals surface area contributed by atoms with Crippen LogP contribution in [0.25, 0.3) is 5.69 Å². The number of hydrogen-bond donors (Lipinski definition) is 1. The van der Waals surface area contributed by atoms with E-state index in [0.717, 1.165) is 17.1 Å². The molecule has 3 rings (SSSR count). The highest BCUT2D eigenvalue weighted by Gasteiger charge is 2.14. The summed E-state index contributed by atoms with van der Waals surface area (Å²) in [5.41, 5.74) is 2.67. The fourth-order valence-corrected chi connectivity index (χ4v) is 3.78. The molecule has 0 bridgehead atoms. The Bertz CT molecular complexity index is 938. The first kappa shape index (κ1) is 18.8. The first-order valence-corrected chi connectivity index (χ1v) is 9.54. The second-order valence-electron chi connectivity index (χ2n) is 5.70. The minimum atomic E-state index is -0.176. The summed E-state index contributed by atoms with van der Waals surface area (Å²) in [5.74, 6) is 0.776. The first-order valence-electron chi connectivity index (χ1n) is 7.80. The number of amides is 1. The Morgan fingerprint density at radius 3 is 2.54 bits per heavy atom. The number of rotatable bonds is 5. The molecule has 0 aliphatic rings. The van der Waals surface area contributed by atoms with Crippen LogP contribution in [-0.4, -0.2) is 26.4 Å². The van der Waals surface area contributed by atoms with Crippen LogP contribution in [0.15, 0.2) is 47.6 Å². The summed E-state index contributed by atoms with van der Waals surface area (Å²) in [7, 11) is 0. The van der Waals surface area contributed by atoms with Gasteiger partial charge >= 0.3 is 0 Å². The van der Waals surface area contributed by atoms with Crippen LogP contribution in [0, 0.1) is 13.8 Å². The molecule has 2 aromatic carbocycles. The third-order valence-electron chi connectivity index (χ3n) is 3.53. The van der Waals surface area contributed by atoms with Gasteiger partial charge in [-0.2, -0.15) is 0 Å². The Labute approximate surface area is 165 Å². The fraction of sp³-hybridized carbons (Fsp3) is 0.167. The number of thioether (sulfide) groups is 1. The normalized spacial score (nSPS) is 10.8. The minimum absolute atomic E-state index is 0.176. The van der Waals surface area contributed by atoms with Gasteiger partial charge in [-0.25, -0.2) is 0 Å². The lowest BCUT2D eigenvalue weighted by molar-refractivity contribution is -0.113. The van der Waals surface area contributed by atoms with Gasteiger partial charge in [0.05, 0.1) is 5.75 Å². The number of nitrogens with zero attached hydrogens (tertiary/aromatic N) is 3. The van der Waals surface area contributed by atoms with Gasteiger partial charge in [0.1, 0.15) is 5.82 Å². The lowest BCUT2D eigenvalue weighted by atomic mass is 10.2. The molecule has 5 nitrogen and oxygen atoms in total. The molecule has 0 aliphatic carbocycles. The highest BCUT2D eigenvalue weighted by molar-refractivity contribution is 7.99. The zero-order valence-corrected chi connectivity index (χ0v) is 16.5. The van der Waals surface area contributed by atoms with Crippen LogP contribution in [0.5, 0.6) is 0 Å². The summed E-state index contributed by atoms with van der Waals surface area (Å²) in [5, 5.41) is 12.7. The molecule has 0 spiro atoms. The number of aryl methyl sites for hydroxylation is 2. The first-order chi connectivity index (χ1) is 12.4. The molecule has 26 heavy (non-hydrogen) atoms. The van der Waals surface area contributed by atoms with Gasteiger partial charge < -0.3 is 5.32 Å². The zero-order chi connectivity index (χ0) is 18.7. The van der Waals surface area contributed by atoms with Gasteiger partial charge in [-0.05, 0) is 49.7 Å². The third-order valence-corrected chi connectivity index (χ3v) is 4.90. The molecule has 1 heterocycles. The van der Waals surface area contributed by atoms with E-state index in [1.807, 2.05) is 36.6 Å². The molecule has 134 valence electrons. The number of carbonyl (C=O) groups is 1. The van der Waals surface area contributed by atoms with Crippen LogP contribution in [0.3, 0.4) is 0 Å². The molecule has 0 radical (unpaired) electrons. The van der Waals surface area contributed by atoms with Gasteiger partial charge in [-0.15, -0.1) is 10.2 Å². The van der Waals surface area contributed by atoms with Crippen LogP contribution in [0.2, 0.25) is 10.0 Å². The second kappa shape index (κ2) is 8.12. The number of aromatic nitrogens is 3. The Morgan fingerprint density at radius 1 is 1.12 bits per heavy atom. The lowest BCUT2D eigenvalue weighted by Crippen LogP contribution is -2.14. The molecule has 0 fully saturated rings. The fourth-order valence-electron chi connectivity index (χ4n) is 2.45. The average molecular weight is 407 g/mol. The molecular formula is C18H16Cl2N4OS. The summed E-state index contributed by atoms with van der Waals surface area (Å²) < 4.78 is 1.93. The van der Waals surface area contributed by atoms with Gasteiger partial charge in [-0.1, -0.05) is 47.1 Å². The number of benzene rings is 2. The number of halogens is 2. The van der Waals surface area contributed by atoms with E-state index in [1.165, 1.54) is 11.8 Å². The smallest absolute Gasteiger partial charge is 0.234 e. The molecule has 8 heteroatoms. The Kier molecular flexibility index (Phi) is 5.86. The zero-order valence-electron chi connectivity index (χ0n) is 14.2. The van der Waals surface area contributed by atoms with Crippen molar-refractivity contribution in [2.75, 3.05) is 11.1 Å². The molecule has 1 amide bonds. The molecule has 0 aliphatic heterocycles. The van der Waals surface area contributed by atoms with Crippen molar-refractivity contribution < 1.29 is 4.79 Å². The standard InChI is InChI=1S/C18H16Cl2N4OS/c1-11-4-3-5-16(6-11)24-12(2)22-23-18(24)26-10-17(25)21-15-8-13(19)7-14(20)9-15/h3-9H,10H2,1-2H3,(H,21,25). The largest absolute Gasteiger partial charge is 0.325 e. The van der Waals surface area contributed by atoms with E-state index in [1.54, 1.807) is 18.2 Å². The molecule has 0 saturated carbocycles. The van der Waals surface area contributed by atoms with Crippen LogP contribution in [0.1, 0.15) is 11.4 Å². The quantitative estimate of drug-likeness (QED) is 0.610. The van der Waals surface area contributed by atoms with Crippen molar-refractivity contribution in [2.45, 2.75) is 19.0 Å². The number of anilines is 1. The molecule has 0 unspecified atom stereocenters. The highest BCUT2D eigenvalue weighted by Crippen LogP contribution is 2.24. The van der Waals surface area contributed by atoms with E-state index in [4.69, 9.17) is 23.2 Å². The average Bonchev–Trinajstić information content (AvgIpc) is 2.92. The molecule has 0 atom stereocenters. The molecule has 1 N–H and O–H groups in total. The van der Waals surface area contributed by atoms with Crippen LogP contribution in [0.4, 0.5) is 5.69 Å². The van der Waals surface area contributed by atoms with Gasteiger partial charge in [0.2, 0.25) is 5.91 Å². The maximum atomic E-state index is 12.2. The Morgan fingerprint density at radius 2 is 1.85 bits per heavy atom. The summed E-state index contributed by atoms with van der Waals surface area (Å²) in [4.78, 5) is 12.2. The van der Waals surface area contributed by atoms with E-state index >= 15 is 0 Å². The second-order valence-corrected chi connectivity index (χ2v) is 7.51. The van der Waals surface area contributed by atoms with Gasteiger partial charge in [-0.3, -0.25) is 9.36 Å². The van der Waals surface area contributed by atoms with Crippen LogP contribution < -0.4 is 5.32 Å². The minimum Gasteiger partial charge on any atom is -0.325 e. The maximum absolute atomic E-state index is 12.2. The molecule has 0 saturated heterocycles. The van der Waals surface area contributed by atoms with E-state index in [2.05, 4.69) is 21.6 Å². The summed E-state index contributed by atoms with van der Waals surface area (Å²) in [6, 6.07) is 13.0. The molecular weight excluding hydrogens is 391 g/mol. The van der Waals surface area contributed by atoms with Gasteiger partial charge in [0, 0.05) is 21.4 Å². The number of nitrogens with one attached hydrogen (secondary N) is 1. The topological polar surface area (TPSA) is 59.8 Å². The van der Waals surface area contributed by atoms with Crippen molar-refractivity contribution in [3.05, 3.63) is 63.9 Å². The van der Waals surface area contributed by atoms with Crippen molar-refractivity contribution in [1.82, 2.24) is 14.8 Å². The van der Waals surface area contributed by atoms with E-state index in [9.17, 15) is 4.79 Å². The van der Waals surface area contributed by atoms with Crippen molar-refractivity contribution in [3.63, 3.8) is 0 Å². The third kappa shape index (κ3) is 4.58. The van der Waals surface area contributed by atoms with Crippen molar-refractivity contribution in [1.29, 1.82) is 0 Å². The van der Waals surface area contributed by atoms with Crippen molar-refractivity contribution in [2.24, 2.45) is 0 Å². The predicted molar refractivity (Wildman–Crippen MR) is 107 cm³/mol. The summed E-state index contributed by atoms with van der Waals surface area (Å²) >= 11 is 13.2. The van der Waals surface area contributed by atoms with Gasteiger partial charge in [0.25, 0.3) is 0 Å².